The normalized spacial score (nSPS) is 18.2. The Kier molecular flexibility index (Phi) is 4.53. The molecular weight excluding hydrogens is 357 g/mol. The summed E-state index contributed by atoms with van der Waals surface area (Å²) >= 11 is 0. The molecule has 1 unspecified atom stereocenters. The second-order valence-corrected chi connectivity index (χ2v) is 6.86. The van der Waals surface area contributed by atoms with Crippen molar-refractivity contribution in [3.8, 4) is 0 Å². The number of anilines is 1. The highest BCUT2D eigenvalue weighted by atomic mass is 19.1. The van der Waals surface area contributed by atoms with Gasteiger partial charge in [0.1, 0.15) is 5.82 Å². The third kappa shape index (κ3) is 3.10. The number of nitrogens with zero attached hydrogens (tertiary/aromatic N) is 1. The average molecular weight is 375 g/mol. The molecule has 0 bridgehead atoms. The molecule has 4 rings (SSSR count). The molecule has 5 heteroatoms. The van der Waals surface area contributed by atoms with E-state index in [1.165, 1.54) is 29.2 Å². The lowest BCUT2D eigenvalue weighted by atomic mass is 9.88. The molecule has 1 atom stereocenters. The number of aliphatic hydroxyl groups is 1. The zero-order chi connectivity index (χ0) is 19.7. The molecule has 0 saturated carbocycles. The van der Waals surface area contributed by atoms with E-state index in [2.05, 4.69) is 0 Å². The van der Waals surface area contributed by atoms with Crippen molar-refractivity contribution in [2.45, 2.75) is 18.6 Å². The molecule has 4 nitrogen and oxygen atoms in total. The number of hydrogen-bond acceptors (Lipinski definition) is 3. The predicted molar refractivity (Wildman–Crippen MR) is 103 cm³/mol. The van der Waals surface area contributed by atoms with Crippen LogP contribution in [0, 0.1) is 5.82 Å². The minimum atomic E-state index is -1.95. The highest BCUT2D eigenvalue weighted by Gasteiger charge is 2.50. The van der Waals surface area contributed by atoms with E-state index >= 15 is 0 Å². The van der Waals surface area contributed by atoms with Crippen molar-refractivity contribution >= 4 is 17.4 Å². The Morgan fingerprint density at radius 2 is 1.57 bits per heavy atom. The summed E-state index contributed by atoms with van der Waals surface area (Å²) < 4.78 is 13.1. The van der Waals surface area contributed by atoms with Gasteiger partial charge in [-0.25, -0.2) is 4.39 Å². The van der Waals surface area contributed by atoms with Gasteiger partial charge < -0.3 is 10.0 Å². The van der Waals surface area contributed by atoms with E-state index < -0.39 is 29.5 Å². The fourth-order valence-corrected chi connectivity index (χ4v) is 3.57. The van der Waals surface area contributed by atoms with Crippen LogP contribution < -0.4 is 4.90 Å². The standard InChI is InChI=1S/C23H18FNO3/c24-18-12-10-17(11-13-18)21(26)14-23(28)19-8-4-5-9-20(19)25(22(23)27)15-16-6-2-1-3-7-16/h1-13,28H,14-15H2. The number of hydrogen-bond donors (Lipinski definition) is 1. The lowest BCUT2D eigenvalue weighted by Gasteiger charge is -2.23. The summed E-state index contributed by atoms with van der Waals surface area (Å²) in [7, 11) is 0. The molecule has 28 heavy (non-hydrogen) atoms. The summed E-state index contributed by atoms with van der Waals surface area (Å²) in [5.41, 5.74) is 0.218. The average Bonchev–Trinajstić information content (AvgIpc) is 2.91. The van der Waals surface area contributed by atoms with Crippen LogP contribution in [-0.2, 0) is 16.9 Å². The molecule has 1 aliphatic heterocycles. The molecule has 0 saturated heterocycles. The van der Waals surface area contributed by atoms with Crippen molar-refractivity contribution in [3.05, 3.63) is 101 Å². The van der Waals surface area contributed by atoms with Crippen molar-refractivity contribution in [2.24, 2.45) is 0 Å². The number of ketones is 1. The minimum absolute atomic E-state index is 0.251. The molecule has 140 valence electrons. The first-order valence-corrected chi connectivity index (χ1v) is 8.95. The summed E-state index contributed by atoms with van der Waals surface area (Å²) in [6.45, 7) is 0.295. The minimum Gasteiger partial charge on any atom is -0.375 e. The van der Waals surface area contributed by atoms with Crippen LogP contribution in [0.5, 0.6) is 0 Å². The number of halogens is 1. The van der Waals surface area contributed by atoms with E-state index in [9.17, 15) is 19.1 Å². The molecule has 0 spiro atoms. The molecule has 1 amide bonds. The van der Waals surface area contributed by atoms with Gasteiger partial charge in [-0.05, 0) is 35.9 Å². The number of Topliss-reactive ketones (excluding diaryl/α,β-unsaturated/α-hetero) is 1. The van der Waals surface area contributed by atoms with E-state index in [1.807, 2.05) is 30.3 Å². The predicted octanol–water partition coefficient (Wildman–Crippen LogP) is 3.83. The molecule has 1 heterocycles. The number of rotatable bonds is 5. The zero-order valence-electron chi connectivity index (χ0n) is 15.0. The number of amides is 1. The Morgan fingerprint density at radius 1 is 0.929 bits per heavy atom. The first-order chi connectivity index (χ1) is 13.5. The molecule has 0 aliphatic carbocycles. The Labute approximate surface area is 161 Å². The quantitative estimate of drug-likeness (QED) is 0.690. The van der Waals surface area contributed by atoms with Crippen molar-refractivity contribution in [1.82, 2.24) is 0 Å². The van der Waals surface area contributed by atoms with Gasteiger partial charge in [-0.3, -0.25) is 9.59 Å². The fraction of sp³-hybridized carbons (Fsp3) is 0.130. The summed E-state index contributed by atoms with van der Waals surface area (Å²) in [6.07, 6.45) is -0.403. The van der Waals surface area contributed by atoms with E-state index in [0.717, 1.165) is 5.56 Å². The van der Waals surface area contributed by atoms with Crippen molar-refractivity contribution in [3.63, 3.8) is 0 Å². The smallest absolute Gasteiger partial charge is 0.264 e. The number of fused-ring (bicyclic) bond motifs is 1. The van der Waals surface area contributed by atoms with Crippen molar-refractivity contribution in [2.75, 3.05) is 4.90 Å². The lowest BCUT2D eigenvalue weighted by molar-refractivity contribution is -0.136. The summed E-state index contributed by atoms with van der Waals surface area (Å²) in [5, 5.41) is 11.3. The topological polar surface area (TPSA) is 57.6 Å². The summed E-state index contributed by atoms with van der Waals surface area (Å²) in [6, 6.07) is 21.5. The van der Waals surface area contributed by atoms with Gasteiger partial charge in [0.2, 0.25) is 0 Å². The maximum Gasteiger partial charge on any atom is 0.264 e. The van der Waals surface area contributed by atoms with Crippen LogP contribution in [-0.4, -0.2) is 16.8 Å². The molecular formula is C23H18FNO3. The van der Waals surface area contributed by atoms with Crippen LogP contribution in [0.4, 0.5) is 10.1 Å². The third-order valence-corrected chi connectivity index (χ3v) is 5.01. The Balaban J connectivity index is 1.67. The van der Waals surface area contributed by atoms with Gasteiger partial charge in [0, 0.05) is 11.1 Å². The maximum atomic E-state index is 13.2. The lowest BCUT2D eigenvalue weighted by Crippen LogP contribution is -2.41. The van der Waals surface area contributed by atoms with Gasteiger partial charge in [0.15, 0.2) is 11.4 Å². The zero-order valence-corrected chi connectivity index (χ0v) is 15.0. The number of para-hydroxylation sites is 1. The Bertz CT molecular complexity index is 1030. The first-order valence-electron chi connectivity index (χ1n) is 8.95. The Hall–Kier alpha value is -3.31. The van der Waals surface area contributed by atoms with E-state index in [0.29, 0.717) is 17.8 Å². The van der Waals surface area contributed by atoms with Gasteiger partial charge in [0.25, 0.3) is 5.91 Å². The SMILES string of the molecule is O=C(CC1(O)C(=O)N(Cc2ccccc2)c2ccccc21)c1ccc(F)cc1. The van der Waals surface area contributed by atoms with Crippen molar-refractivity contribution < 1.29 is 19.1 Å². The van der Waals surface area contributed by atoms with Gasteiger partial charge in [-0.1, -0.05) is 48.5 Å². The van der Waals surface area contributed by atoms with Crippen LogP contribution in [0.1, 0.15) is 27.9 Å². The molecule has 3 aromatic carbocycles. The van der Waals surface area contributed by atoms with Gasteiger partial charge in [-0.2, -0.15) is 0 Å². The molecule has 3 aromatic rings. The monoisotopic (exact) mass is 375 g/mol. The number of benzene rings is 3. The van der Waals surface area contributed by atoms with Gasteiger partial charge >= 0.3 is 0 Å². The second-order valence-electron chi connectivity index (χ2n) is 6.86. The van der Waals surface area contributed by atoms with Crippen molar-refractivity contribution in [1.29, 1.82) is 0 Å². The van der Waals surface area contributed by atoms with E-state index in [4.69, 9.17) is 0 Å². The van der Waals surface area contributed by atoms with Crippen LogP contribution in [0.3, 0.4) is 0 Å². The molecule has 1 N–H and O–H groups in total. The molecule has 0 aromatic heterocycles. The number of carbonyl (C=O) groups excluding carboxylic acids is 2. The van der Waals surface area contributed by atoms with Crippen LogP contribution in [0.25, 0.3) is 0 Å². The first kappa shape index (κ1) is 18.1. The van der Waals surface area contributed by atoms with Crippen LogP contribution in [0.2, 0.25) is 0 Å². The highest BCUT2D eigenvalue weighted by Crippen LogP contribution is 2.43. The summed E-state index contributed by atoms with van der Waals surface area (Å²) in [4.78, 5) is 27.4. The maximum absolute atomic E-state index is 13.2. The molecule has 0 fully saturated rings. The fourth-order valence-electron chi connectivity index (χ4n) is 3.57. The number of carbonyl (C=O) groups is 2. The van der Waals surface area contributed by atoms with E-state index in [1.54, 1.807) is 24.3 Å². The molecule has 1 aliphatic rings. The highest BCUT2D eigenvalue weighted by molar-refractivity contribution is 6.10. The van der Waals surface area contributed by atoms with E-state index in [-0.39, 0.29) is 5.56 Å². The third-order valence-electron chi connectivity index (χ3n) is 5.01. The second kappa shape index (κ2) is 7.02. The van der Waals surface area contributed by atoms with Crippen LogP contribution in [0.15, 0.2) is 78.9 Å². The van der Waals surface area contributed by atoms with Gasteiger partial charge in [-0.15, -0.1) is 0 Å². The molecule has 0 radical (unpaired) electrons. The Morgan fingerprint density at radius 3 is 2.29 bits per heavy atom. The van der Waals surface area contributed by atoms with Crippen LogP contribution >= 0.6 is 0 Å². The largest absolute Gasteiger partial charge is 0.375 e. The summed E-state index contributed by atoms with van der Waals surface area (Å²) in [5.74, 6) is -1.41. The van der Waals surface area contributed by atoms with Gasteiger partial charge in [0.05, 0.1) is 18.7 Å².